The van der Waals surface area contributed by atoms with E-state index in [9.17, 15) is 9.59 Å². The Hall–Kier alpha value is -2.34. The van der Waals surface area contributed by atoms with Gasteiger partial charge in [-0.25, -0.2) is 9.59 Å². The van der Waals surface area contributed by atoms with E-state index in [1.54, 1.807) is 7.11 Å². The van der Waals surface area contributed by atoms with Gasteiger partial charge in [0.25, 0.3) is 0 Å². The Morgan fingerprint density at radius 3 is 2.20 bits per heavy atom. The lowest BCUT2D eigenvalue weighted by atomic mass is 9.89. The lowest BCUT2D eigenvalue weighted by molar-refractivity contribution is -0.134. The summed E-state index contributed by atoms with van der Waals surface area (Å²) in [6.45, 7) is 5.97. The molecule has 0 saturated carbocycles. The molecule has 0 spiro atoms. The smallest absolute Gasteiger partial charge is 0.328 e. The Labute approximate surface area is 148 Å². The molecule has 138 valence electrons. The van der Waals surface area contributed by atoms with Gasteiger partial charge in [0.1, 0.15) is 5.75 Å². The number of carbonyl (C=O) groups is 2. The number of ether oxygens (including phenoxy) is 1. The second-order valence-electron chi connectivity index (χ2n) is 5.87. The molecule has 1 heterocycles. The Kier molecular flexibility index (Phi) is 9.32. The maximum Gasteiger partial charge on any atom is 0.328 e. The van der Waals surface area contributed by atoms with E-state index in [4.69, 9.17) is 14.9 Å². The van der Waals surface area contributed by atoms with Gasteiger partial charge in [-0.2, -0.15) is 0 Å². The Morgan fingerprint density at radius 2 is 1.72 bits per heavy atom. The number of rotatable bonds is 6. The van der Waals surface area contributed by atoms with Gasteiger partial charge in [-0.05, 0) is 56.4 Å². The van der Waals surface area contributed by atoms with E-state index in [0.29, 0.717) is 18.1 Å². The molecule has 0 atom stereocenters. The van der Waals surface area contributed by atoms with E-state index in [-0.39, 0.29) is 0 Å². The van der Waals surface area contributed by atoms with Crippen LogP contribution in [0, 0.1) is 0 Å². The van der Waals surface area contributed by atoms with Gasteiger partial charge in [-0.3, -0.25) is 0 Å². The van der Waals surface area contributed by atoms with Gasteiger partial charge in [-0.1, -0.05) is 25.1 Å². The zero-order valence-electron chi connectivity index (χ0n) is 14.9. The number of nitrogens with zero attached hydrogens (tertiary/aromatic N) is 1. The molecule has 2 rings (SSSR count). The maximum absolute atomic E-state index is 9.55. The third-order valence-corrected chi connectivity index (χ3v) is 4.07. The molecule has 6 nitrogen and oxygen atoms in total. The molecule has 2 N–H and O–H groups in total. The van der Waals surface area contributed by atoms with Crippen LogP contribution in [0.2, 0.25) is 0 Å². The Morgan fingerprint density at radius 1 is 1.16 bits per heavy atom. The number of hydrogen-bond donors (Lipinski definition) is 2. The van der Waals surface area contributed by atoms with E-state index in [1.165, 1.54) is 44.5 Å². The summed E-state index contributed by atoms with van der Waals surface area (Å²) in [5, 5.41) is 15.6. The minimum Gasteiger partial charge on any atom is -0.496 e. The number of piperidine rings is 1. The fourth-order valence-corrected chi connectivity index (χ4v) is 2.93. The van der Waals surface area contributed by atoms with Crippen LogP contribution in [-0.2, 0) is 9.59 Å². The van der Waals surface area contributed by atoms with Crippen LogP contribution in [0.4, 0.5) is 0 Å². The summed E-state index contributed by atoms with van der Waals surface area (Å²) in [6.07, 6.45) is 4.91. The van der Waals surface area contributed by atoms with Crippen LogP contribution in [0.3, 0.4) is 0 Å². The van der Waals surface area contributed by atoms with Crippen molar-refractivity contribution < 1.29 is 24.5 Å². The fourth-order valence-electron chi connectivity index (χ4n) is 2.93. The quantitative estimate of drug-likeness (QED) is 0.768. The van der Waals surface area contributed by atoms with Gasteiger partial charge >= 0.3 is 11.9 Å². The van der Waals surface area contributed by atoms with Crippen molar-refractivity contribution in [1.29, 1.82) is 0 Å². The standard InChI is InChI=1S/C15H23NO.C4H4O4/c1-3-10-16-11-8-13(9-12-16)14-6-4-5-7-15(14)17-2;5-3(6)1-2-4(7)8/h4-7,13H,3,8-12H2,1-2H3;1-2H,(H,5,6)(H,7,8)/b;2-1+. The molecule has 0 unspecified atom stereocenters. The molecule has 1 fully saturated rings. The molecule has 1 aromatic rings. The SMILES string of the molecule is CCCN1CCC(c2ccccc2OC)CC1.O=C(O)/C=C/C(=O)O. The first-order valence-corrected chi connectivity index (χ1v) is 8.47. The molecule has 1 aromatic carbocycles. The summed E-state index contributed by atoms with van der Waals surface area (Å²) in [5.41, 5.74) is 1.39. The fraction of sp³-hybridized carbons (Fsp3) is 0.474. The van der Waals surface area contributed by atoms with Crippen LogP contribution < -0.4 is 4.74 Å². The zero-order chi connectivity index (χ0) is 18.7. The topological polar surface area (TPSA) is 87.1 Å². The predicted octanol–water partition coefficient (Wildman–Crippen LogP) is 3.00. The predicted molar refractivity (Wildman–Crippen MR) is 96.1 cm³/mol. The van der Waals surface area contributed by atoms with Crippen molar-refractivity contribution in [2.75, 3.05) is 26.7 Å². The van der Waals surface area contributed by atoms with Gasteiger partial charge in [0.05, 0.1) is 7.11 Å². The van der Waals surface area contributed by atoms with Crippen LogP contribution in [0.1, 0.15) is 37.7 Å². The number of benzene rings is 1. The number of carboxylic acid groups (broad SMARTS) is 2. The number of methoxy groups -OCH3 is 1. The molecule has 0 bridgehead atoms. The summed E-state index contributed by atoms with van der Waals surface area (Å²) in [6, 6.07) is 8.47. The van der Waals surface area contributed by atoms with Gasteiger partial charge in [-0.15, -0.1) is 0 Å². The summed E-state index contributed by atoms with van der Waals surface area (Å²) in [7, 11) is 1.77. The number of para-hydroxylation sites is 1. The van der Waals surface area contributed by atoms with E-state index < -0.39 is 11.9 Å². The monoisotopic (exact) mass is 349 g/mol. The highest BCUT2D eigenvalue weighted by atomic mass is 16.5. The van der Waals surface area contributed by atoms with Crippen molar-refractivity contribution in [2.24, 2.45) is 0 Å². The van der Waals surface area contributed by atoms with Crippen LogP contribution in [0.5, 0.6) is 5.75 Å². The maximum atomic E-state index is 9.55. The van der Waals surface area contributed by atoms with E-state index in [0.717, 1.165) is 5.75 Å². The normalized spacial score (nSPS) is 15.4. The highest BCUT2D eigenvalue weighted by Gasteiger charge is 2.22. The molecular formula is C19H27NO5. The second kappa shape index (κ2) is 11.3. The van der Waals surface area contributed by atoms with Crippen LogP contribution in [0.15, 0.2) is 36.4 Å². The Bertz CT molecular complexity index is 561. The molecule has 1 saturated heterocycles. The lowest BCUT2D eigenvalue weighted by Crippen LogP contribution is -2.33. The molecule has 1 aliphatic heterocycles. The Balaban J connectivity index is 0.000000333. The molecule has 0 radical (unpaired) electrons. The van der Waals surface area contributed by atoms with E-state index >= 15 is 0 Å². The largest absolute Gasteiger partial charge is 0.496 e. The molecule has 25 heavy (non-hydrogen) atoms. The van der Waals surface area contributed by atoms with Gasteiger partial charge in [0.15, 0.2) is 0 Å². The molecule has 0 aliphatic carbocycles. The van der Waals surface area contributed by atoms with Crippen LogP contribution in [0.25, 0.3) is 0 Å². The van der Waals surface area contributed by atoms with Crippen molar-refractivity contribution >= 4 is 11.9 Å². The highest BCUT2D eigenvalue weighted by molar-refractivity contribution is 5.89. The summed E-state index contributed by atoms with van der Waals surface area (Å²) in [5.74, 6) is -0.777. The summed E-state index contributed by atoms with van der Waals surface area (Å²) < 4.78 is 5.46. The lowest BCUT2D eigenvalue weighted by Gasteiger charge is -2.32. The third-order valence-electron chi connectivity index (χ3n) is 4.07. The number of carboxylic acids is 2. The van der Waals surface area contributed by atoms with Crippen LogP contribution >= 0.6 is 0 Å². The highest BCUT2D eigenvalue weighted by Crippen LogP contribution is 2.33. The minimum atomic E-state index is -1.26. The van der Waals surface area contributed by atoms with Gasteiger partial charge in [0.2, 0.25) is 0 Å². The van der Waals surface area contributed by atoms with Crippen molar-refractivity contribution in [3.05, 3.63) is 42.0 Å². The summed E-state index contributed by atoms with van der Waals surface area (Å²) in [4.78, 5) is 21.7. The third kappa shape index (κ3) is 7.85. The van der Waals surface area contributed by atoms with Crippen LogP contribution in [-0.4, -0.2) is 53.8 Å². The van der Waals surface area contributed by atoms with Gasteiger partial charge in [0, 0.05) is 12.2 Å². The van der Waals surface area contributed by atoms with Crippen molar-refractivity contribution in [2.45, 2.75) is 32.1 Å². The molecule has 6 heteroatoms. The van der Waals surface area contributed by atoms with Crippen molar-refractivity contribution in [3.63, 3.8) is 0 Å². The summed E-state index contributed by atoms with van der Waals surface area (Å²) >= 11 is 0. The van der Waals surface area contributed by atoms with Crippen molar-refractivity contribution in [3.8, 4) is 5.75 Å². The number of likely N-dealkylation sites (tertiary alicyclic amines) is 1. The zero-order valence-corrected chi connectivity index (χ0v) is 14.9. The van der Waals surface area contributed by atoms with Crippen molar-refractivity contribution in [1.82, 2.24) is 4.90 Å². The molecule has 0 aromatic heterocycles. The second-order valence-corrected chi connectivity index (χ2v) is 5.87. The minimum absolute atomic E-state index is 0.558. The van der Waals surface area contributed by atoms with E-state index in [1.807, 2.05) is 0 Å². The molecular weight excluding hydrogens is 322 g/mol. The first kappa shape index (κ1) is 20.7. The number of hydrogen-bond acceptors (Lipinski definition) is 4. The van der Waals surface area contributed by atoms with E-state index in [2.05, 4.69) is 36.1 Å². The average Bonchev–Trinajstić information content (AvgIpc) is 2.61. The number of aliphatic carboxylic acids is 2. The first-order valence-electron chi connectivity index (χ1n) is 8.47. The average molecular weight is 349 g/mol. The van der Waals surface area contributed by atoms with Gasteiger partial charge < -0.3 is 19.8 Å². The molecule has 0 amide bonds. The molecule has 1 aliphatic rings. The first-order chi connectivity index (χ1) is 12.0.